The molecule has 4 aromatic rings. The maximum absolute atomic E-state index is 13.3. The van der Waals surface area contributed by atoms with Gasteiger partial charge in [0, 0.05) is 0 Å². The van der Waals surface area contributed by atoms with Gasteiger partial charge in [0.05, 0.1) is 0 Å². The molecule has 0 aliphatic heterocycles. The van der Waals surface area contributed by atoms with Crippen molar-refractivity contribution < 1.29 is 28.5 Å². The molecule has 0 saturated heterocycles. The van der Waals surface area contributed by atoms with E-state index in [1.54, 1.807) is 7.63 Å². The number of rotatable bonds is 4. The van der Waals surface area contributed by atoms with Gasteiger partial charge in [0.25, 0.3) is 0 Å². The molecule has 0 unspecified atom stereocenters. The van der Waals surface area contributed by atoms with Gasteiger partial charge in [0.15, 0.2) is 0 Å². The van der Waals surface area contributed by atoms with Crippen molar-refractivity contribution in [3.8, 4) is 22.3 Å². The molecule has 0 N–H and O–H groups in total. The van der Waals surface area contributed by atoms with E-state index in [1.807, 2.05) is 59.0 Å². The third kappa shape index (κ3) is 3.13. The summed E-state index contributed by atoms with van der Waals surface area (Å²) in [5.74, 6) is -0.939. The molecule has 0 heterocycles. The molecular weight excluding hydrogens is 524 g/mol. The molecule has 6 rings (SSSR count). The predicted octanol–water partition coefficient (Wildman–Crippen LogP) is 5.14. The quantitative estimate of drug-likeness (QED) is 0.282. The Morgan fingerprint density at radius 1 is 0.605 bits per heavy atom. The van der Waals surface area contributed by atoms with Crippen LogP contribution in [-0.2, 0) is 41.3 Å². The first-order valence-corrected chi connectivity index (χ1v) is 23.1. The molecule has 0 bridgehead atoms. The third-order valence-corrected chi connectivity index (χ3v) is 25.1. The Bertz CT molecular complexity index is 1740. The molecule has 6 heteroatoms. The molecule has 0 spiro atoms. The zero-order valence-electron chi connectivity index (χ0n) is 22.3. The van der Waals surface area contributed by atoms with Crippen LogP contribution in [0, 0.1) is 0 Å². The van der Waals surface area contributed by atoms with Crippen LogP contribution in [0.1, 0.15) is 36.1 Å². The number of benzene rings is 4. The topological polar surface area (TPSA) is 52.6 Å². The average Bonchev–Trinajstić information content (AvgIpc) is 3.40. The molecule has 0 fully saturated rings. The summed E-state index contributed by atoms with van der Waals surface area (Å²) in [6.45, 7) is 2.84. The van der Waals surface area contributed by atoms with E-state index in [4.69, 9.17) is 6.64 Å². The standard InChI is InChI=1S/2C13H9.2C2H4O2.2CH3.H2Si.Ti/c2*1-3-7-12-10(5-1)9-11-6-2-4-8-13(11)12;2*1-2(3)4;;;;/h2*1-5,7-8H,9H2;2*1H3,(H,3,4);2*1H3;1H2;/q;;;;;;;+2/p-2. The fraction of sp³-hybridized carbons (Fsp3) is 0.188. The molecule has 4 nitrogen and oxygen atoms in total. The number of hydrogen-bond donors (Lipinski definition) is 0. The summed E-state index contributed by atoms with van der Waals surface area (Å²) in [6, 6.07) is 29.0. The first-order valence-electron chi connectivity index (χ1n) is 13.1. The van der Waals surface area contributed by atoms with Gasteiger partial charge in [0.1, 0.15) is 0 Å². The van der Waals surface area contributed by atoms with Crippen LogP contribution in [0.25, 0.3) is 22.3 Å². The first-order chi connectivity index (χ1) is 17.8. The molecule has 0 aromatic heterocycles. The van der Waals surface area contributed by atoms with Crippen molar-refractivity contribution in [2.75, 3.05) is 0 Å². The number of hydrogen-bond acceptors (Lipinski definition) is 4. The summed E-state index contributed by atoms with van der Waals surface area (Å²) in [4.78, 5) is 26.6. The zero-order valence-corrected chi connectivity index (χ0v) is 25.3. The van der Waals surface area contributed by atoms with Crippen molar-refractivity contribution in [2.45, 2.75) is 37.1 Å². The normalized spacial score (nSPS) is 15.9. The fourth-order valence-electron chi connectivity index (χ4n) is 7.77. The van der Waals surface area contributed by atoms with Crippen LogP contribution in [0.15, 0.2) is 84.9 Å². The Morgan fingerprint density at radius 2 is 0.974 bits per heavy atom. The van der Waals surface area contributed by atoms with Crippen LogP contribution in [0.2, 0.25) is 10.5 Å². The monoisotopic (exact) mass is 556 g/mol. The Hall–Kier alpha value is -3.25. The van der Waals surface area contributed by atoms with Crippen LogP contribution in [0.5, 0.6) is 0 Å². The Morgan fingerprint density at radius 3 is 1.37 bits per heavy atom. The first kappa shape index (κ1) is 25.1. The van der Waals surface area contributed by atoms with Crippen molar-refractivity contribution >= 4 is 27.3 Å². The van der Waals surface area contributed by atoms with Gasteiger partial charge in [-0.3, -0.25) is 0 Å². The summed E-state index contributed by atoms with van der Waals surface area (Å²) in [5, 5.41) is 3.94. The van der Waals surface area contributed by atoms with Crippen LogP contribution < -0.4 is 7.74 Å². The maximum atomic E-state index is 13.3. The van der Waals surface area contributed by atoms with Gasteiger partial charge in [-0.1, -0.05) is 0 Å². The summed E-state index contributed by atoms with van der Waals surface area (Å²) in [6.07, 6.45) is 1.35. The second-order valence-electron chi connectivity index (χ2n) is 12.8. The van der Waals surface area contributed by atoms with Gasteiger partial charge in [-0.2, -0.15) is 0 Å². The summed E-state index contributed by atoms with van der Waals surface area (Å²) >= 11 is -6.55. The van der Waals surface area contributed by atoms with Gasteiger partial charge in [-0.15, -0.1) is 0 Å². The fourth-order valence-corrected chi connectivity index (χ4v) is 24.0. The van der Waals surface area contributed by atoms with Crippen LogP contribution >= 0.6 is 0 Å². The molecule has 0 radical (unpaired) electrons. The van der Waals surface area contributed by atoms with Crippen molar-refractivity contribution in [3.63, 3.8) is 0 Å². The van der Waals surface area contributed by atoms with E-state index in [9.17, 15) is 9.59 Å². The number of carbonyl (C=O) groups is 2. The van der Waals surface area contributed by atoms with E-state index in [0.29, 0.717) is 12.8 Å². The Kier molecular flexibility index (Phi) is 4.64. The van der Waals surface area contributed by atoms with Gasteiger partial charge >= 0.3 is 222 Å². The predicted molar refractivity (Wildman–Crippen MR) is 152 cm³/mol. The molecule has 0 saturated carbocycles. The average molecular weight is 557 g/mol. The minimum absolute atomic E-state index is 0.469. The van der Waals surface area contributed by atoms with Gasteiger partial charge < -0.3 is 0 Å². The molecule has 0 atom stereocenters. The number of fused-ring (bicyclic) bond motifs is 6. The van der Waals surface area contributed by atoms with E-state index < -0.39 is 24.2 Å². The molecule has 2 aliphatic rings. The van der Waals surface area contributed by atoms with Crippen LogP contribution in [0.4, 0.5) is 0 Å². The summed E-state index contributed by atoms with van der Waals surface area (Å²) in [7, 11) is 1.62. The summed E-state index contributed by atoms with van der Waals surface area (Å²) in [5.41, 5.74) is 9.04. The van der Waals surface area contributed by atoms with Crippen molar-refractivity contribution in [1.29, 1.82) is 0 Å². The minimum atomic E-state index is -6.55. The SMILES string of the molecule is CC(=O)[O][Ti]([CH3])([CH3])(=[SiH2])([O]C(C)=O)([c]1cccc2c1Cc1ccccc1-2)[c]1cccc2c1Cc1ccccc1-2. The Balaban J connectivity index is 1.81. The second kappa shape index (κ2) is 7.03. The van der Waals surface area contributed by atoms with Crippen LogP contribution in [-0.4, -0.2) is 19.6 Å². The van der Waals surface area contributed by atoms with Crippen molar-refractivity contribution in [2.24, 2.45) is 0 Å². The van der Waals surface area contributed by atoms with Crippen molar-refractivity contribution in [3.05, 3.63) is 107 Å². The van der Waals surface area contributed by atoms with E-state index in [2.05, 4.69) is 36.4 Å². The molecule has 0 amide bonds. The molecular formula is C32H32O4SiTi. The Labute approximate surface area is 221 Å². The molecule has 38 heavy (non-hydrogen) atoms. The third-order valence-electron chi connectivity index (χ3n) is 9.00. The van der Waals surface area contributed by atoms with E-state index in [0.717, 1.165) is 41.1 Å². The van der Waals surface area contributed by atoms with Crippen molar-refractivity contribution in [1.82, 2.24) is 0 Å². The van der Waals surface area contributed by atoms with E-state index in [1.165, 1.54) is 25.0 Å². The molecule has 2 aliphatic carbocycles. The summed E-state index contributed by atoms with van der Waals surface area (Å²) < 4.78 is 15.3. The van der Waals surface area contributed by atoms with Gasteiger partial charge in [-0.25, -0.2) is 0 Å². The zero-order chi connectivity index (χ0) is 27.0. The molecule has 192 valence electrons. The number of carbonyl (C=O) groups excluding carboxylic acids is 2. The van der Waals surface area contributed by atoms with Gasteiger partial charge in [-0.05, 0) is 0 Å². The van der Waals surface area contributed by atoms with E-state index >= 15 is 0 Å². The molecule has 4 aromatic carbocycles. The second-order valence-corrected chi connectivity index (χ2v) is 39.6. The van der Waals surface area contributed by atoms with Crippen LogP contribution in [0.3, 0.4) is 0 Å². The van der Waals surface area contributed by atoms with E-state index in [-0.39, 0.29) is 0 Å². The van der Waals surface area contributed by atoms with Gasteiger partial charge in [0.2, 0.25) is 0 Å².